The van der Waals surface area contributed by atoms with Crippen molar-refractivity contribution in [1.82, 2.24) is 0 Å². The number of hydrogen-bond acceptors (Lipinski definition) is 7. The van der Waals surface area contributed by atoms with Crippen LogP contribution in [0.4, 0.5) is 5.69 Å². The molecule has 0 aliphatic carbocycles. The van der Waals surface area contributed by atoms with Crippen molar-refractivity contribution in [2.45, 2.75) is 0 Å². The van der Waals surface area contributed by atoms with E-state index < -0.39 is 10.9 Å². The monoisotopic (exact) mass is 414 g/mol. The van der Waals surface area contributed by atoms with Gasteiger partial charge in [-0.05, 0) is 35.9 Å². The number of nitro groups is 1. The Bertz CT molecular complexity index is 1060. The first-order valence-electron chi connectivity index (χ1n) is 8.31. The Morgan fingerprint density at radius 1 is 1.28 bits per heavy atom. The summed E-state index contributed by atoms with van der Waals surface area (Å²) in [6.45, 7) is 3.91. The molecule has 0 radical (unpaired) electrons. The molecule has 0 N–H and O–H groups in total. The summed E-state index contributed by atoms with van der Waals surface area (Å²) in [7, 11) is 1.50. The predicted octanol–water partition coefficient (Wildman–Crippen LogP) is 4.17. The summed E-state index contributed by atoms with van der Waals surface area (Å²) >= 11 is 5.81. The van der Waals surface area contributed by atoms with Crippen LogP contribution in [0, 0.1) is 10.1 Å². The molecule has 2 aromatic carbocycles. The molecule has 0 spiro atoms. The molecule has 0 amide bonds. The minimum Gasteiger partial charge on any atom is -0.493 e. The maximum absolute atomic E-state index is 12.2. The molecule has 0 aromatic heterocycles. The van der Waals surface area contributed by atoms with Gasteiger partial charge in [0.1, 0.15) is 11.6 Å². The van der Waals surface area contributed by atoms with Crippen molar-refractivity contribution in [3.8, 4) is 11.5 Å². The number of carbonyl (C=O) groups excluding carboxylic acids is 1. The minimum absolute atomic E-state index is 0.0229. The van der Waals surface area contributed by atoms with E-state index in [0.717, 1.165) is 0 Å². The van der Waals surface area contributed by atoms with Gasteiger partial charge in [-0.3, -0.25) is 10.1 Å². The molecule has 0 fully saturated rings. The number of cyclic esters (lactones) is 1. The number of carbonyl (C=O) groups is 1. The van der Waals surface area contributed by atoms with Crippen molar-refractivity contribution >= 4 is 35.2 Å². The van der Waals surface area contributed by atoms with Gasteiger partial charge in [-0.25, -0.2) is 9.79 Å². The van der Waals surface area contributed by atoms with Gasteiger partial charge in [-0.15, -0.1) is 0 Å². The number of hydrogen-bond donors (Lipinski definition) is 0. The van der Waals surface area contributed by atoms with Crippen LogP contribution in [0.3, 0.4) is 0 Å². The van der Waals surface area contributed by atoms with Gasteiger partial charge in [-0.2, -0.15) is 0 Å². The largest absolute Gasteiger partial charge is 0.493 e. The zero-order valence-electron chi connectivity index (χ0n) is 15.3. The predicted molar refractivity (Wildman–Crippen MR) is 107 cm³/mol. The van der Waals surface area contributed by atoms with Crippen molar-refractivity contribution in [3.05, 3.63) is 81.0 Å². The van der Waals surface area contributed by atoms with E-state index in [-0.39, 0.29) is 27.9 Å². The quantitative estimate of drug-likeness (QED) is 0.221. The third-order valence-corrected chi connectivity index (χ3v) is 4.18. The number of methoxy groups -OCH3 is 1. The van der Waals surface area contributed by atoms with E-state index >= 15 is 0 Å². The first kappa shape index (κ1) is 20.1. The Morgan fingerprint density at radius 3 is 2.76 bits per heavy atom. The lowest BCUT2D eigenvalue weighted by Gasteiger charge is -2.09. The molecule has 1 aliphatic heterocycles. The molecule has 0 saturated carbocycles. The topological polar surface area (TPSA) is 100 Å². The van der Waals surface area contributed by atoms with E-state index in [4.69, 9.17) is 25.8 Å². The average molecular weight is 415 g/mol. The van der Waals surface area contributed by atoms with Crippen LogP contribution >= 0.6 is 11.6 Å². The fourth-order valence-electron chi connectivity index (χ4n) is 2.52. The van der Waals surface area contributed by atoms with E-state index in [1.54, 1.807) is 24.3 Å². The number of nitrogens with zero attached hydrogens (tertiary/aromatic N) is 2. The zero-order chi connectivity index (χ0) is 21.0. The molecular formula is C20H15ClN2O6. The Hall–Kier alpha value is -3.65. The van der Waals surface area contributed by atoms with Crippen molar-refractivity contribution in [1.29, 1.82) is 0 Å². The lowest BCUT2D eigenvalue weighted by molar-refractivity contribution is -0.384. The van der Waals surface area contributed by atoms with Crippen LogP contribution in [0.1, 0.15) is 11.1 Å². The SMILES string of the molecule is C=CCOc1ccc(/C=C2\N=C(c3ccc(Cl)c([N+](=O)[O-])c3)OC2=O)cc1OC. The highest BCUT2D eigenvalue weighted by atomic mass is 35.5. The summed E-state index contributed by atoms with van der Waals surface area (Å²) in [6.07, 6.45) is 3.13. The smallest absolute Gasteiger partial charge is 0.363 e. The van der Waals surface area contributed by atoms with Gasteiger partial charge < -0.3 is 14.2 Å². The number of aliphatic imine (C=N–C) groups is 1. The fraction of sp³-hybridized carbons (Fsp3) is 0.100. The van der Waals surface area contributed by atoms with Gasteiger partial charge in [0.05, 0.1) is 12.0 Å². The van der Waals surface area contributed by atoms with Crippen molar-refractivity contribution < 1.29 is 23.9 Å². The Kier molecular flexibility index (Phi) is 5.94. The summed E-state index contributed by atoms with van der Waals surface area (Å²) in [4.78, 5) is 26.8. The number of nitro benzene ring substituents is 1. The Labute approximate surface area is 170 Å². The van der Waals surface area contributed by atoms with Crippen molar-refractivity contribution in [2.75, 3.05) is 13.7 Å². The van der Waals surface area contributed by atoms with Gasteiger partial charge in [0.25, 0.3) is 5.69 Å². The van der Waals surface area contributed by atoms with Gasteiger partial charge in [0.15, 0.2) is 17.2 Å². The molecule has 1 heterocycles. The highest BCUT2D eigenvalue weighted by Crippen LogP contribution is 2.30. The average Bonchev–Trinajstić information content (AvgIpc) is 3.07. The summed E-state index contributed by atoms with van der Waals surface area (Å²) in [5.74, 6) is 0.286. The maximum atomic E-state index is 12.2. The second-order valence-corrected chi connectivity index (χ2v) is 6.18. The highest BCUT2D eigenvalue weighted by Gasteiger charge is 2.26. The molecule has 29 heavy (non-hydrogen) atoms. The molecule has 0 atom stereocenters. The maximum Gasteiger partial charge on any atom is 0.363 e. The second kappa shape index (κ2) is 8.57. The minimum atomic E-state index is -0.677. The van der Waals surface area contributed by atoms with Crippen LogP contribution in [-0.2, 0) is 9.53 Å². The molecule has 1 aliphatic rings. The summed E-state index contributed by atoms with van der Waals surface area (Å²) in [6, 6.07) is 9.13. The van der Waals surface area contributed by atoms with E-state index in [0.29, 0.717) is 23.7 Å². The third kappa shape index (κ3) is 4.44. The van der Waals surface area contributed by atoms with Crippen molar-refractivity contribution in [2.24, 2.45) is 4.99 Å². The van der Waals surface area contributed by atoms with E-state index in [2.05, 4.69) is 11.6 Å². The molecule has 148 valence electrons. The standard InChI is InChI=1S/C20H15ClN2O6/c1-3-8-28-17-7-4-12(10-18(17)27-2)9-15-20(24)29-19(22-15)13-5-6-14(21)16(11-13)23(25)26/h3-7,9-11H,1,8H2,2H3/b15-9-. The number of esters is 1. The number of halogens is 1. The van der Waals surface area contributed by atoms with Crippen LogP contribution in [-0.4, -0.2) is 30.5 Å². The highest BCUT2D eigenvalue weighted by molar-refractivity contribution is 6.32. The van der Waals surface area contributed by atoms with Gasteiger partial charge in [0, 0.05) is 11.6 Å². The first-order valence-corrected chi connectivity index (χ1v) is 8.69. The summed E-state index contributed by atoms with van der Waals surface area (Å²) < 4.78 is 15.9. The first-order chi connectivity index (χ1) is 13.9. The van der Waals surface area contributed by atoms with E-state index in [9.17, 15) is 14.9 Å². The van der Waals surface area contributed by atoms with E-state index in [1.165, 1.54) is 31.4 Å². The van der Waals surface area contributed by atoms with Gasteiger partial charge in [0.2, 0.25) is 5.90 Å². The lowest BCUT2D eigenvalue weighted by atomic mass is 10.1. The Balaban J connectivity index is 1.92. The van der Waals surface area contributed by atoms with Crippen LogP contribution in [0.15, 0.2) is 59.7 Å². The third-order valence-electron chi connectivity index (χ3n) is 3.86. The molecule has 0 unspecified atom stereocenters. The normalized spacial score (nSPS) is 14.3. The van der Waals surface area contributed by atoms with Crippen LogP contribution < -0.4 is 9.47 Å². The number of benzene rings is 2. The molecule has 9 heteroatoms. The van der Waals surface area contributed by atoms with Crippen LogP contribution in [0.2, 0.25) is 5.02 Å². The van der Waals surface area contributed by atoms with Crippen molar-refractivity contribution in [3.63, 3.8) is 0 Å². The molecule has 0 saturated heterocycles. The summed E-state index contributed by atoms with van der Waals surface area (Å²) in [5.41, 5.74) is 0.634. The molecule has 8 nitrogen and oxygen atoms in total. The van der Waals surface area contributed by atoms with E-state index in [1.807, 2.05) is 0 Å². The zero-order valence-corrected chi connectivity index (χ0v) is 16.0. The molecule has 0 bridgehead atoms. The van der Waals surface area contributed by atoms with Gasteiger partial charge in [-0.1, -0.05) is 30.3 Å². The van der Waals surface area contributed by atoms with Gasteiger partial charge >= 0.3 is 5.97 Å². The molecule has 3 rings (SSSR count). The second-order valence-electron chi connectivity index (χ2n) is 5.77. The molecular weight excluding hydrogens is 400 g/mol. The van der Waals surface area contributed by atoms with Crippen LogP contribution in [0.25, 0.3) is 6.08 Å². The lowest BCUT2D eigenvalue weighted by Crippen LogP contribution is -2.06. The Morgan fingerprint density at radius 2 is 2.07 bits per heavy atom. The number of ether oxygens (including phenoxy) is 3. The summed E-state index contributed by atoms with van der Waals surface area (Å²) in [5, 5.41) is 11.0. The fourth-order valence-corrected chi connectivity index (χ4v) is 2.70. The molecule has 2 aromatic rings. The van der Waals surface area contributed by atoms with Crippen LogP contribution in [0.5, 0.6) is 11.5 Å². The number of rotatable bonds is 7.